The molecule has 0 aliphatic rings. The molecule has 0 saturated carbocycles. The van der Waals surface area contributed by atoms with Crippen LogP contribution in [0.5, 0.6) is 5.75 Å². The Kier molecular flexibility index (Phi) is 7.80. The van der Waals surface area contributed by atoms with Crippen LogP contribution in [0.2, 0.25) is 0 Å². The van der Waals surface area contributed by atoms with Crippen LogP contribution in [0.3, 0.4) is 0 Å². The Labute approximate surface area is 148 Å². The quantitative estimate of drug-likeness (QED) is 0.196. The molecule has 26 heavy (non-hydrogen) atoms. The minimum absolute atomic E-state index is 0.0857. The summed E-state index contributed by atoms with van der Waals surface area (Å²) in [6, 6.07) is 3.53. The maximum Gasteiger partial charge on any atom is 0.343 e. The van der Waals surface area contributed by atoms with Crippen LogP contribution >= 0.6 is 0 Å². The smallest absolute Gasteiger partial charge is 0.343 e. The van der Waals surface area contributed by atoms with Crippen LogP contribution in [0.15, 0.2) is 18.2 Å². The monoisotopic (exact) mass is 371 g/mol. The molecule has 0 radical (unpaired) electrons. The van der Waals surface area contributed by atoms with E-state index in [-0.39, 0.29) is 30.2 Å². The van der Waals surface area contributed by atoms with E-state index in [9.17, 15) is 24.5 Å². The lowest BCUT2D eigenvalue weighted by Gasteiger charge is -2.24. The molecule has 0 heterocycles. The Morgan fingerprint density at radius 2 is 1.54 bits per heavy atom. The van der Waals surface area contributed by atoms with Crippen molar-refractivity contribution in [2.24, 2.45) is 0 Å². The third kappa shape index (κ3) is 5.92. The second-order valence-corrected chi connectivity index (χ2v) is 4.78. The Bertz CT molecular complexity index is 672. The molecule has 11 nitrogen and oxygen atoms in total. The lowest BCUT2D eigenvalue weighted by Crippen LogP contribution is -2.36. The first kappa shape index (κ1) is 20.7. The van der Waals surface area contributed by atoms with Crippen LogP contribution in [-0.2, 0) is 28.6 Å². The minimum Gasteiger partial charge on any atom is -0.479 e. The van der Waals surface area contributed by atoms with Crippen molar-refractivity contribution in [1.29, 1.82) is 0 Å². The van der Waals surface area contributed by atoms with Gasteiger partial charge in [0, 0.05) is 6.07 Å². The molecular formula is C15H18N2O9. The number of carbonyl (C=O) groups excluding carboxylic acids is 3. The standard InChI is InChI=1S/C15H18N2O9/c1-23-13(18)7-16(8-14(19)24-2)11-5-4-10(17(21)22)6-12(11)26-9-15(20)25-3/h4-6H,7-9H2,1-3H3/i17+1. The zero-order chi connectivity index (χ0) is 19.7. The van der Waals surface area contributed by atoms with E-state index in [1.165, 1.54) is 31.3 Å². The highest BCUT2D eigenvalue weighted by atomic mass is 16.9. The molecule has 0 N–H and O–H groups in total. The van der Waals surface area contributed by atoms with Crippen molar-refractivity contribution in [3.05, 3.63) is 28.3 Å². The van der Waals surface area contributed by atoms with Crippen LogP contribution in [0, 0.1) is 10.1 Å². The fourth-order valence-electron chi connectivity index (χ4n) is 1.86. The highest BCUT2D eigenvalue weighted by Gasteiger charge is 2.22. The van der Waals surface area contributed by atoms with Gasteiger partial charge in [0.1, 0.15) is 18.8 Å². The van der Waals surface area contributed by atoms with Crippen molar-refractivity contribution in [1.82, 2.24) is 0 Å². The van der Waals surface area contributed by atoms with Gasteiger partial charge in [-0.15, -0.1) is 0 Å². The number of hydrogen-bond acceptors (Lipinski definition) is 10. The molecule has 1 aromatic carbocycles. The summed E-state index contributed by atoms with van der Waals surface area (Å²) >= 11 is 0. The molecule has 11 heteroatoms. The predicted octanol–water partition coefficient (Wildman–Crippen LogP) is 0.299. The Hall–Kier alpha value is -3.37. The largest absolute Gasteiger partial charge is 0.479 e. The second kappa shape index (κ2) is 9.81. The number of nitrogens with zero attached hydrogens (tertiary/aromatic N) is 2. The summed E-state index contributed by atoms with van der Waals surface area (Å²) in [5.74, 6) is -2.12. The Morgan fingerprint density at radius 3 is 2.00 bits per heavy atom. The van der Waals surface area contributed by atoms with Crippen molar-refractivity contribution in [3.8, 4) is 5.75 Å². The van der Waals surface area contributed by atoms with E-state index in [1.54, 1.807) is 0 Å². The third-order valence-electron chi connectivity index (χ3n) is 3.16. The van der Waals surface area contributed by atoms with Gasteiger partial charge in [-0.3, -0.25) is 19.7 Å². The number of rotatable bonds is 9. The van der Waals surface area contributed by atoms with Gasteiger partial charge in [-0.2, -0.15) is 0 Å². The van der Waals surface area contributed by atoms with E-state index >= 15 is 0 Å². The molecule has 142 valence electrons. The maximum absolute atomic E-state index is 11.6. The first-order valence-corrected chi connectivity index (χ1v) is 7.19. The summed E-state index contributed by atoms with van der Waals surface area (Å²) in [7, 11) is 3.49. The Balaban J connectivity index is 3.27. The molecule has 0 aromatic heterocycles. The number of hydrogen-bond donors (Lipinski definition) is 0. The average molecular weight is 371 g/mol. The third-order valence-corrected chi connectivity index (χ3v) is 3.16. The molecule has 0 unspecified atom stereocenters. The summed E-state index contributed by atoms with van der Waals surface area (Å²) in [6.45, 7) is -1.22. The first-order valence-electron chi connectivity index (χ1n) is 7.19. The topological polar surface area (TPSA) is 135 Å². The van der Waals surface area contributed by atoms with E-state index in [0.29, 0.717) is 0 Å². The van der Waals surface area contributed by atoms with Crippen LogP contribution < -0.4 is 9.64 Å². The van der Waals surface area contributed by atoms with Crippen molar-refractivity contribution in [2.75, 3.05) is 45.9 Å². The molecular weight excluding hydrogens is 353 g/mol. The molecule has 0 fully saturated rings. The molecule has 0 spiro atoms. The zero-order valence-electron chi connectivity index (χ0n) is 14.4. The SMILES string of the molecule is COC(=O)COc1cc([15N+](=O)[O-])ccc1N(CC(=O)OC)CC(=O)OC. The minimum atomic E-state index is -0.713. The number of nitro benzene ring substituents is 1. The summed E-state index contributed by atoms with van der Waals surface area (Å²) in [6.07, 6.45) is 0. The number of non-ortho nitro benzene ring substituents is 1. The van der Waals surface area contributed by atoms with Crippen LogP contribution in [-0.4, -0.2) is 63.9 Å². The number of anilines is 1. The van der Waals surface area contributed by atoms with Crippen molar-refractivity contribution in [3.63, 3.8) is 0 Å². The van der Waals surface area contributed by atoms with E-state index in [4.69, 9.17) is 4.74 Å². The molecule has 0 atom stereocenters. The maximum atomic E-state index is 11.6. The number of esters is 3. The molecule has 0 aliphatic carbocycles. The predicted molar refractivity (Wildman–Crippen MR) is 86.9 cm³/mol. The summed E-state index contributed by atoms with van der Waals surface area (Å²) < 4.78 is 18.9. The molecule has 1 aromatic rings. The Morgan fingerprint density at radius 1 is 1.00 bits per heavy atom. The van der Waals surface area contributed by atoms with Crippen LogP contribution in [0.1, 0.15) is 0 Å². The lowest BCUT2D eigenvalue weighted by atomic mass is 10.2. The van der Waals surface area contributed by atoms with Gasteiger partial charge in [0.15, 0.2) is 6.61 Å². The van der Waals surface area contributed by atoms with Crippen LogP contribution in [0.4, 0.5) is 11.4 Å². The van der Waals surface area contributed by atoms with Gasteiger partial charge >= 0.3 is 17.9 Å². The normalized spacial score (nSPS) is 9.81. The van der Waals surface area contributed by atoms with Gasteiger partial charge in [0.25, 0.3) is 5.69 Å². The van der Waals surface area contributed by atoms with E-state index < -0.39 is 29.4 Å². The van der Waals surface area contributed by atoms with E-state index in [1.807, 2.05) is 0 Å². The van der Waals surface area contributed by atoms with Gasteiger partial charge in [-0.25, -0.2) is 4.79 Å². The summed E-state index contributed by atoms with van der Waals surface area (Å²) in [4.78, 5) is 46.1. The van der Waals surface area contributed by atoms with Crippen molar-refractivity contribution < 1.29 is 38.3 Å². The second-order valence-electron chi connectivity index (χ2n) is 4.78. The number of benzene rings is 1. The van der Waals surface area contributed by atoms with E-state index in [0.717, 1.165) is 13.2 Å². The average Bonchev–Trinajstić information content (AvgIpc) is 2.64. The van der Waals surface area contributed by atoms with Crippen LogP contribution in [0.25, 0.3) is 0 Å². The number of carbonyl (C=O) groups is 3. The highest BCUT2D eigenvalue weighted by Crippen LogP contribution is 2.32. The molecule has 0 saturated heterocycles. The van der Waals surface area contributed by atoms with Gasteiger partial charge in [0.2, 0.25) is 0 Å². The first-order chi connectivity index (χ1) is 12.3. The lowest BCUT2D eigenvalue weighted by molar-refractivity contribution is -0.384. The number of methoxy groups -OCH3 is 3. The van der Waals surface area contributed by atoms with Crippen molar-refractivity contribution >= 4 is 29.3 Å². The van der Waals surface area contributed by atoms with Crippen molar-refractivity contribution in [2.45, 2.75) is 0 Å². The summed E-state index contributed by atoms with van der Waals surface area (Å²) in [5, 5.41) is 11.0. The molecule has 1 rings (SSSR count). The summed E-state index contributed by atoms with van der Waals surface area (Å²) in [5.41, 5.74) is -0.139. The van der Waals surface area contributed by atoms with Gasteiger partial charge in [-0.1, -0.05) is 0 Å². The number of nitro groups is 1. The fourth-order valence-corrected chi connectivity index (χ4v) is 1.86. The van der Waals surface area contributed by atoms with Gasteiger partial charge < -0.3 is 23.8 Å². The number of ether oxygens (including phenoxy) is 4. The molecule has 0 amide bonds. The molecule has 0 bridgehead atoms. The van der Waals surface area contributed by atoms with E-state index in [2.05, 4.69) is 14.2 Å². The van der Waals surface area contributed by atoms with Gasteiger partial charge in [-0.05, 0) is 6.07 Å². The fraction of sp³-hybridized carbons (Fsp3) is 0.400. The highest BCUT2D eigenvalue weighted by molar-refractivity contribution is 5.83. The van der Waals surface area contributed by atoms with Gasteiger partial charge in [0.05, 0.1) is 38.0 Å². The zero-order valence-corrected chi connectivity index (χ0v) is 14.4. The molecule has 0 aliphatic heterocycles.